The Morgan fingerprint density at radius 2 is 0.619 bits per heavy atom. The molecule has 3 amide bonds. The van der Waals surface area contributed by atoms with E-state index in [2.05, 4.69) is 27.7 Å². The van der Waals surface area contributed by atoms with Crippen LogP contribution < -0.4 is 22.2 Å². The third-order valence-corrected chi connectivity index (χ3v) is 27.9. The zero-order chi connectivity index (χ0) is 81.7. The highest BCUT2D eigenvalue weighted by Gasteiger charge is 2.33. The number of fused-ring (bicyclic) bond motifs is 2. The SMILES string of the molecule is CCCCCCCCn1c(=O)c(-c2ccc(/C=C3\SC(=S)N(CC)C3=O)s2)cc2c1cc(-c1ccc(/C=C3\SC(=S)N(CC)C3=O)s1)c(=O)n2CCCCCCCC.CCCCCCCCn1c(=O)c(-c2ccc(C=O)s2)cc2c1cc(-c1ccc(C=O)s1)c(=O)n2CCCCCCCC.CCN1C(=O)CSC1=S.ClC(Cl)Cl. The van der Waals surface area contributed by atoms with Gasteiger partial charge in [-0.1, -0.05) is 263 Å². The molecule has 11 heterocycles. The Morgan fingerprint density at radius 1 is 0.363 bits per heavy atom. The van der Waals surface area contributed by atoms with Gasteiger partial charge >= 0.3 is 0 Å². The van der Waals surface area contributed by atoms with E-state index >= 15 is 0 Å². The molecule has 0 saturated carbocycles. The minimum Gasteiger partial charge on any atom is -0.306 e. The molecule has 8 aromatic rings. The highest BCUT2D eigenvalue weighted by Crippen LogP contribution is 2.39. The maximum atomic E-state index is 14.7. The highest BCUT2D eigenvalue weighted by atomic mass is 35.6. The van der Waals surface area contributed by atoms with Crippen LogP contribution in [0, 0.1) is 0 Å². The molecule has 0 aliphatic carbocycles. The molecule has 0 N–H and O–H groups in total. The number of aryl methyl sites for hydroxylation is 4. The van der Waals surface area contributed by atoms with E-state index < -0.39 is 4.30 Å². The topological polar surface area (TPSA) is 183 Å². The Balaban J connectivity index is 0.000000252. The number of carbonyl (C=O) groups is 5. The van der Waals surface area contributed by atoms with Gasteiger partial charge in [0.25, 0.3) is 34.1 Å². The molecule has 29 heteroatoms. The van der Waals surface area contributed by atoms with Gasteiger partial charge < -0.3 is 18.3 Å². The van der Waals surface area contributed by atoms with Crippen molar-refractivity contribution in [3.63, 3.8) is 0 Å². The molecule has 3 aliphatic heterocycles. The number of alkyl halides is 3. The summed E-state index contributed by atoms with van der Waals surface area (Å²) in [5.41, 5.74) is 4.74. The number of thiophene rings is 4. The fraction of sp³-hybridized carbons (Fsp3) is 0.476. The summed E-state index contributed by atoms with van der Waals surface area (Å²) in [6.07, 6.45) is 31.6. The first-order chi connectivity index (χ1) is 54.6. The van der Waals surface area contributed by atoms with Gasteiger partial charge in [-0.15, -0.1) is 45.3 Å². The summed E-state index contributed by atoms with van der Waals surface area (Å²) in [6.45, 7) is 18.5. The smallest absolute Gasteiger partial charge is 0.266 e. The van der Waals surface area contributed by atoms with Crippen molar-refractivity contribution in [2.45, 2.75) is 233 Å². The number of thiocarbonyl (C=S) groups is 3. The summed E-state index contributed by atoms with van der Waals surface area (Å²) in [5.74, 6) is 0.489. The average molecular weight is 1780 g/mol. The lowest BCUT2D eigenvalue weighted by Gasteiger charge is -2.18. The number of pyridine rings is 4. The van der Waals surface area contributed by atoms with Gasteiger partial charge in [0.15, 0.2) is 16.9 Å². The number of hydrogen-bond acceptors (Lipinski definition) is 19. The minimum atomic E-state index is -0.750. The number of carbonyl (C=O) groups excluding carboxylic acids is 5. The molecule has 16 nitrogen and oxygen atoms in total. The summed E-state index contributed by atoms with van der Waals surface area (Å²) in [7, 11) is 0. The van der Waals surface area contributed by atoms with Crippen LogP contribution in [0.3, 0.4) is 0 Å². The Morgan fingerprint density at radius 3 is 0.841 bits per heavy atom. The van der Waals surface area contributed by atoms with Crippen molar-refractivity contribution in [3.8, 4) is 41.8 Å². The van der Waals surface area contributed by atoms with Crippen molar-refractivity contribution in [2.24, 2.45) is 0 Å². The van der Waals surface area contributed by atoms with Crippen LogP contribution in [0.5, 0.6) is 0 Å². The van der Waals surface area contributed by atoms with Crippen LogP contribution in [0.2, 0.25) is 0 Å². The van der Waals surface area contributed by atoms with E-state index in [1.165, 1.54) is 158 Å². The number of amides is 3. The van der Waals surface area contributed by atoms with Crippen molar-refractivity contribution in [2.75, 3.05) is 25.4 Å². The molecule has 8 aromatic heterocycles. The van der Waals surface area contributed by atoms with Crippen molar-refractivity contribution in [1.29, 1.82) is 0 Å². The van der Waals surface area contributed by atoms with E-state index in [1.54, 1.807) is 26.8 Å². The summed E-state index contributed by atoms with van der Waals surface area (Å²) >= 11 is 39.8. The van der Waals surface area contributed by atoms with Crippen molar-refractivity contribution >= 4 is 230 Å². The summed E-state index contributed by atoms with van der Waals surface area (Å²) < 4.78 is 8.53. The Hall–Kier alpha value is -5.46. The lowest BCUT2D eigenvalue weighted by Crippen LogP contribution is -2.28. The zero-order valence-corrected chi connectivity index (χ0v) is 75.9. The van der Waals surface area contributed by atoms with E-state index in [0.717, 1.165) is 145 Å². The maximum Gasteiger partial charge on any atom is 0.266 e. The van der Waals surface area contributed by atoms with Crippen LogP contribution in [-0.2, 0) is 40.6 Å². The molecule has 0 bridgehead atoms. The number of aromatic nitrogens is 4. The van der Waals surface area contributed by atoms with Gasteiger partial charge in [0.2, 0.25) is 5.91 Å². The van der Waals surface area contributed by atoms with E-state index in [0.29, 0.717) is 102 Å². The average Bonchev–Trinajstić information content (AvgIpc) is 1.60. The molecule has 608 valence electrons. The first-order valence-corrected chi connectivity index (χ1v) is 47.9. The fourth-order valence-corrected chi connectivity index (χ4v) is 21.2. The van der Waals surface area contributed by atoms with Crippen LogP contribution >= 0.6 is 152 Å². The van der Waals surface area contributed by atoms with Crippen molar-refractivity contribution < 1.29 is 24.0 Å². The first-order valence-electron chi connectivity index (χ1n) is 39.4. The molecule has 0 spiro atoms. The fourth-order valence-electron chi connectivity index (χ4n) is 13.5. The molecular formula is C84H102Cl3N7O9S10. The van der Waals surface area contributed by atoms with Crippen LogP contribution in [0.15, 0.2) is 102 Å². The van der Waals surface area contributed by atoms with Crippen LogP contribution in [-0.4, -0.2) is 106 Å². The number of hydrogen-bond donors (Lipinski definition) is 0. The largest absolute Gasteiger partial charge is 0.306 e. The van der Waals surface area contributed by atoms with Gasteiger partial charge in [0.1, 0.15) is 13.0 Å². The molecular weight excluding hydrogens is 1680 g/mol. The number of thioether (sulfide) groups is 3. The van der Waals surface area contributed by atoms with E-state index in [4.69, 9.17) is 71.5 Å². The summed E-state index contributed by atoms with van der Waals surface area (Å²) in [6, 6.07) is 22.4. The second kappa shape index (κ2) is 47.8. The van der Waals surface area contributed by atoms with Crippen LogP contribution in [0.1, 0.15) is 232 Å². The maximum absolute atomic E-state index is 14.7. The lowest BCUT2D eigenvalue weighted by molar-refractivity contribution is -0.124. The third kappa shape index (κ3) is 25.5. The molecule has 113 heavy (non-hydrogen) atoms. The van der Waals surface area contributed by atoms with Gasteiger partial charge in [-0.2, -0.15) is 0 Å². The van der Waals surface area contributed by atoms with Gasteiger partial charge in [0.05, 0.1) is 69.6 Å². The number of aldehydes is 2. The standard InChI is InChI=1S/C44H52N4O4S6.C34H42N2O4S2.C5H7NOS2.CHCl3/c1-5-9-11-13-15-17-23-47-33-27-32(36-22-20-30(56-36)26-38-42(52)46(8-4)44(54)58-38)40(50)48(24-18-16-14-12-10-6-2)34(33)28-31(39(47)49)35-21-19-29(55-35)25-37-41(51)45(7-3)43(53)57-37;1-3-5-7-9-11-13-19-35-29-21-28(32-18-16-26(24-38)42-32)34(40)36(20-14-12-10-8-6-4-2)30(29)22-27(33(35)39)31-17-15-25(23-37)41-31;1-2-6-4(7)3-9-5(6)8;2-1(3)4/h19-22,25-28H,5-18,23-24H2,1-4H3;15-18,21-24H,3-14,19-20H2,1-2H3;2-3H2,1H3;1H/b37-25-,38-26-;;;. The molecule has 3 aliphatic rings. The highest BCUT2D eigenvalue weighted by molar-refractivity contribution is 8.27. The Labute approximate surface area is 723 Å². The quantitative estimate of drug-likeness (QED) is 0.0116. The van der Waals surface area contributed by atoms with Gasteiger partial charge in [-0.05, 0) is 131 Å². The minimum absolute atomic E-state index is 0.0905. The molecule has 0 radical (unpaired) electrons. The first kappa shape index (κ1) is 93.0. The van der Waals surface area contributed by atoms with Crippen molar-refractivity contribution in [3.05, 3.63) is 144 Å². The Kier molecular flexibility index (Phi) is 39.4. The molecule has 3 fully saturated rings. The number of unbranched alkanes of at least 4 members (excludes halogenated alkanes) is 20. The normalized spacial score (nSPS) is 14.4. The van der Waals surface area contributed by atoms with Crippen molar-refractivity contribution in [1.82, 2.24) is 33.0 Å². The van der Waals surface area contributed by atoms with Crippen LogP contribution in [0.4, 0.5) is 0 Å². The van der Waals surface area contributed by atoms with Gasteiger partial charge in [0, 0.05) is 75.1 Å². The Bertz CT molecular complexity index is 4660. The molecule has 3 saturated heterocycles. The number of rotatable bonds is 39. The molecule has 0 atom stereocenters. The predicted molar refractivity (Wildman–Crippen MR) is 497 cm³/mol. The van der Waals surface area contributed by atoms with E-state index in [-0.39, 0.29) is 40.0 Å². The monoisotopic (exact) mass is 1780 g/mol. The van der Waals surface area contributed by atoms with Crippen LogP contribution in [0.25, 0.3) is 76.0 Å². The second-order valence-electron chi connectivity index (χ2n) is 27.5. The number of halogens is 3. The molecule has 0 unspecified atom stereocenters. The van der Waals surface area contributed by atoms with E-state index in [9.17, 15) is 43.2 Å². The van der Waals surface area contributed by atoms with Gasteiger partial charge in [-0.25, -0.2) is 0 Å². The second-order valence-corrected chi connectivity index (χ2v) is 38.9. The number of nitrogens with zero attached hydrogens (tertiary/aromatic N) is 7. The van der Waals surface area contributed by atoms with E-state index in [1.807, 2.05) is 112 Å². The molecule has 11 rings (SSSR count). The predicted octanol–water partition coefficient (Wildman–Crippen LogP) is 23.6. The van der Waals surface area contributed by atoms with Gasteiger partial charge in [-0.3, -0.25) is 57.9 Å². The lowest BCUT2D eigenvalue weighted by atomic mass is 10.1. The zero-order valence-electron chi connectivity index (χ0n) is 65.5. The number of likely N-dealkylation sites (N-methyl/N-ethyl adjacent to an activating group) is 2. The molecule has 0 aromatic carbocycles. The summed E-state index contributed by atoms with van der Waals surface area (Å²) in [5, 5.41) is 0. The third-order valence-electron chi connectivity index (χ3n) is 19.5. The summed E-state index contributed by atoms with van der Waals surface area (Å²) in [4.78, 5) is 129.